The third-order valence-electron chi connectivity index (χ3n) is 2.69. The minimum absolute atomic E-state index is 0.285. The monoisotopic (exact) mass is 262 g/mol. The number of ether oxygens (including phenoxy) is 2. The molecule has 2 N–H and O–H groups in total. The molecule has 1 heterocycles. The van der Waals surface area contributed by atoms with Crippen molar-refractivity contribution in [2.24, 2.45) is 5.73 Å². The zero-order valence-corrected chi connectivity index (χ0v) is 11.2. The van der Waals surface area contributed by atoms with Gasteiger partial charge in [0.25, 0.3) is 0 Å². The van der Waals surface area contributed by atoms with Crippen molar-refractivity contribution in [1.29, 1.82) is 0 Å². The summed E-state index contributed by atoms with van der Waals surface area (Å²) in [5.74, 6) is 0.604. The van der Waals surface area contributed by atoms with Gasteiger partial charge < -0.3 is 15.2 Å². The van der Waals surface area contributed by atoms with Gasteiger partial charge >= 0.3 is 5.97 Å². The average Bonchev–Trinajstić information content (AvgIpc) is 2.37. The molecule has 0 saturated carbocycles. The highest BCUT2D eigenvalue weighted by atomic mass is 32.2. The molecule has 0 aliphatic carbocycles. The van der Waals surface area contributed by atoms with E-state index in [1.165, 1.54) is 0 Å². The number of thioether (sulfide) groups is 1. The summed E-state index contributed by atoms with van der Waals surface area (Å²) in [6.07, 6.45) is 2.67. The van der Waals surface area contributed by atoms with Gasteiger partial charge in [0.05, 0.1) is 13.2 Å². The Labute approximate surface area is 107 Å². The lowest BCUT2D eigenvalue weighted by atomic mass is 10.2. The van der Waals surface area contributed by atoms with Gasteiger partial charge in [0.15, 0.2) is 0 Å². The number of nitrogens with zero attached hydrogens (tertiary/aromatic N) is 1. The van der Waals surface area contributed by atoms with Gasteiger partial charge in [-0.25, -0.2) is 0 Å². The normalized spacial score (nSPS) is 18.9. The van der Waals surface area contributed by atoms with Crippen LogP contribution in [0.3, 0.4) is 0 Å². The van der Waals surface area contributed by atoms with Crippen LogP contribution in [0.4, 0.5) is 0 Å². The van der Waals surface area contributed by atoms with E-state index in [1.54, 1.807) is 11.8 Å². The number of esters is 1. The molecule has 0 aromatic heterocycles. The number of carbonyl (C=O) groups excluding carboxylic acids is 1. The van der Waals surface area contributed by atoms with Crippen LogP contribution in [-0.4, -0.2) is 68.4 Å². The van der Waals surface area contributed by atoms with Crippen molar-refractivity contribution in [1.82, 2.24) is 4.90 Å². The Morgan fingerprint density at radius 2 is 2.24 bits per heavy atom. The first-order chi connectivity index (χ1) is 8.24. The predicted molar refractivity (Wildman–Crippen MR) is 69.2 cm³/mol. The molecule has 0 amide bonds. The van der Waals surface area contributed by atoms with Gasteiger partial charge in [0.2, 0.25) is 0 Å². The Balaban J connectivity index is 2.06. The number of morpholine rings is 1. The lowest BCUT2D eigenvalue weighted by molar-refractivity contribution is -0.145. The van der Waals surface area contributed by atoms with E-state index in [0.29, 0.717) is 13.0 Å². The maximum atomic E-state index is 11.5. The average molecular weight is 262 g/mol. The molecule has 1 aliphatic rings. The Morgan fingerprint density at radius 1 is 1.53 bits per heavy atom. The van der Waals surface area contributed by atoms with Crippen LogP contribution in [0.15, 0.2) is 0 Å². The lowest BCUT2D eigenvalue weighted by Gasteiger charge is -2.26. The van der Waals surface area contributed by atoms with Crippen molar-refractivity contribution in [2.75, 3.05) is 51.5 Å². The van der Waals surface area contributed by atoms with Gasteiger partial charge in [-0.05, 0) is 18.4 Å². The molecule has 0 unspecified atom stereocenters. The highest BCUT2D eigenvalue weighted by molar-refractivity contribution is 7.98. The standard InChI is InChI=1S/C11H22N2O3S/c1-17-9-2-10(12)11(14)16-8-5-13-3-6-15-7-4-13/h10H,2-9,12H2,1H3/t10-/m0/s1. The molecule has 0 bridgehead atoms. The Kier molecular flexibility index (Phi) is 7.59. The summed E-state index contributed by atoms with van der Waals surface area (Å²) in [4.78, 5) is 13.7. The van der Waals surface area contributed by atoms with Gasteiger partial charge in [0.1, 0.15) is 12.6 Å². The van der Waals surface area contributed by atoms with Crippen molar-refractivity contribution >= 4 is 17.7 Å². The molecular weight excluding hydrogens is 240 g/mol. The summed E-state index contributed by atoms with van der Waals surface area (Å²) in [6, 6.07) is -0.480. The van der Waals surface area contributed by atoms with Crippen LogP contribution in [0.25, 0.3) is 0 Å². The van der Waals surface area contributed by atoms with Gasteiger partial charge in [0, 0.05) is 19.6 Å². The maximum Gasteiger partial charge on any atom is 0.322 e. The molecule has 6 heteroatoms. The fourth-order valence-electron chi connectivity index (χ4n) is 1.57. The second-order valence-corrected chi connectivity index (χ2v) is 5.00. The van der Waals surface area contributed by atoms with Crippen LogP contribution in [0, 0.1) is 0 Å². The smallest absolute Gasteiger partial charge is 0.322 e. The molecular formula is C11H22N2O3S. The number of hydrogen-bond donors (Lipinski definition) is 1. The zero-order chi connectivity index (χ0) is 12.5. The van der Waals surface area contributed by atoms with Crippen LogP contribution in [0.5, 0.6) is 0 Å². The van der Waals surface area contributed by atoms with E-state index < -0.39 is 6.04 Å². The molecule has 100 valence electrons. The first-order valence-corrected chi connectivity index (χ1v) is 7.34. The SMILES string of the molecule is CSCC[C@H](N)C(=O)OCCN1CCOCC1. The number of hydrogen-bond acceptors (Lipinski definition) is 6. The number of carbonyl (C=O) groups is 1. The van der Waals surface area contributed by atoms with E-state index in [0.717, 1.165) is 38.6 Å². The zero-order valence-electron chi connectivity index (χ0n) is 10.4. The minimum Gasteiger partial charge on any atom is -0.463 e. The molecule has 1 aliphatic heterocycles. The summed E-state index contributed by atoms with van der Waals surface area (Å²) in [7, 11) is 0. The fourth-order valence-corrected chi connectivity index (χ4v) is 2.06. The molecule has 1 saturated heterocycles. The molecule has 0 spiro atoms. The second kappa shape index (κ2) is 8.74. The van der Waals surface area contributed by atoms with Crippen molar-refractivity contribution in [3.05, 3.63) is 0 Å². The van der Waals surface area contributed by atoms with Crippen molar-refractivity contribution in [2.45, 2.75) is 12.5 Å². The summed E-state index contributed by atoms with van der Waals surface area (Å²) in [5, 5.41) is 0. The Hall–Kier alpha value is -0.300. The maximum absolute atomic E-state index is 11.5. The van der Waals surface area contributed by atoms with Crippen LogP contribution in [0.2, 0.25) is 0 Å². The molecule has 1 rings (SSSR count). The van der Waals surface area contributed by atoms with E-state index in [1.807, 2.05) is 6.26 Å². The molecule has 0 aromatic carbocycles. The van der Waals surface area contributed by atoms with Gasteiger partial charge in [-0.3, -0.25) is 9.69 Å². The van der Waals surface area contributed by atoms with Crippen molar-refractivity contribution in [3.63, 3.8) is 0 Å². The Bertz CT molecular complexity index is 223. The van der Waals surface area contributed by atoms with Crippen LogP contribution in [-0.2, 0) is 14.3 Å². The molecule has 17 heavy (non-hydrogen) atoms. The first-order valence-electron chi connectivity index (χ1n) is 5.95. The largest absolute Gasteiger partial charge is 0.463 e. The summed E-state index contributed by atoms with van der Waals surface area (Å²) >= 11 is 1.68. The van der Waals surface area contributed by atoms with E-state index in [4.69, 9.17) is 15.2 Å². The highest BCUT2D eigenvalue weighted by Gasteiger charge is 2.15. The van der Waals surface area contributed by atoms with E-state index in [-0.39, 0.29) is 5.97 Å². The summed E-state index contributed by atoms with van der Waals surface area (Å²) < 4.78 is 10.4. The first kappa shape index (κ1) is 14.8. The number of rotatable bonds is 7. The topological polar surface area (TPSA) is 64.8 Å². The highest BCUT2D eigenvalue weighted by Crippen LogP contribution is 2.01. The molecule has 0 aromatic rings. The molecule has 5 nitrogen and oxygen atoms in total. The second-order valence-electron chi connectivity index (χ2n) is 4.01. The predicted octanol–water partition coefficient (Wildman–Crippen LogP) is -0.0578. The van der Waals surface area contributed by atoms with Crippen molar-refractivity contribution < 1.29 is 14.3 Å². The van der Waals surface area contributed by atoms with Crippen LogP contribution in [0.1, 0.15) is 6.42 Å². The van der Waals surface area contributed by atoms with Gasteiger partial charge in [-0.1, -0.05) is 0 Å². The summed E-state index contributed by atoms with van der Waals surface area (Å²) in [5.41, 5.74) is 5.70. The van der Waals surface area contributed by atoms with E-state index >= 15 is 0 Å². The molecule has 1 fully saturated rings. The third-order valence-corrected chi connectivity index (χ3v) is 3.34. The van der Waals surface area contributed by atoms with Crippen molar-refractivity contribution in [3.8, 4) is 0 Å². The minimum atomic E-state index is -0.480. The summed E-state index contributed by atoms with van der Waals surface area (Å²) in [6.45, 7) is 4.55. The van der Waals surface area contributed by atoms with E-state index in [2.05, 4.69) is 4.90 Å². The van der Waals surface area contributed by atoms with Gasteiger partial charge in [-0.15, -0.1) is 0 Å². The molecule has 0 radical (unpaired) electrons. The van der Waals surface area contributed by atoms with Crippen LogP contribution >= 0.6 is 11.8 Å². The Morgan fingerprint density at radius 3 is 2.88 bits per heavy atom. The molecule has 1 atom stereocenters. The quantitative estimate of drug-likeness (QED) is 0.649. The lowest BCUT2D eigenvalue weighted by Crippen LogP contribution is -2.40. The number of nitrogens with two attached hydrogens (primary N) is 1. The van der Waals surface area contributed by atoms with E-state index in [9.17, 15) is 4.79 Å². The van der Waals surface area contributed by atoms with Gasteiger partial charge in [-0.2, -0.15) is 11.8 Å². The third kappa shape index (κ3) is 6.26. The van der Waals surface area contributed by atoms with Crippen LogP contribution < -0.4 is 5.73 Å². The fraction of sp³-hybridized carbons (Fsp3) is 0.909.